The molecule has 2 amide bonds. The van der Waals surface area contributed by atoms with Crippen LogP contribution in [0.4, 0.5) is 0 Å². The molecular formula is C28H31N5O2S. The second-order valence-corrected chi connectivity index (χ2v) is 10.5. The predicted molar refractivity (Wildman–Crippen MR) is 142 cm³/mol. The third-order valence-corrected chi connectivity index (χ3v) is 7.87. The van der Waals surface area contributed by atoms with Gasteiger partial charge in [0.05, 0.1) is 17.0 Å². The highest BCUT2D eigenvalue weighted by molar-refractivity contribution is 7.09. The fourth-order valence-electron chi connectivity index (χ4n) is 5.01. The highest BCUT2D eigenvalue weighted by Crippen LogP contribution is 2.30. The van der Waals surface area contributed by atoms with Crippen LogP contribution in [0.1, 0.15) is 67.1 Å². The lowest BCUT2D eigenvalue weighted by Crippen LogP contribution is -2.39. The van der Waals surface area contributed by atoms with Gasteiger partial charge in [0.15, 0.2) is 0 Å². The maximum absolute atomic E-state index is 13.5. The van der Waals surface area contributed by atoms with Crippen molar-refractivity contribution in [2.75, 3.05) is 19.6 Å². The standard InChI is InChI=1S/C28H31N5O2S/c1-18-6-4-14-33-25(20(3)31-26(18)33)28(35)32-15-11-21(12-16-32)24-23(9-8-19(2)30-24)27(34)29-13-10-22-7-5-17-36-22/h4-9,14,17,21H,10-13,15-16H2,1-3H3,(H,29,34). The fraction of sp³-hybridized carbons (Fsp3) is 0.357. The predicted octanol–water partition coefficient (Wildman–Crippen LogP) is 4.71. The van der Waals surface area contributed by atoms with E-state index < -0.39 is 0 Å². The molecule has 0 unspecified atom stereocenters. The van der Waals surface area contributed by atoms with Gasteiger partial charge in [0.1, 0.15) is 11.3 Å². The molecular weight excluding hydrogens is 470 g/mol. The number of amides is 2. The van der Waals surface area contributed by atoms with E-state index in [4.69, 9.17) is 4.98 Å². The Hall–Kier alpha value is -3.52. The Morgan fingerprint density at radius 1 is 1.06 bits per heavy atom. The van der Waals surface area contributed by atoms with Crippen molar-refractivity contribution < 1.29 is 9.59 Å². The number of hydrogen-bond donors (Lipinski definition) is 1. The van der Waals surface area contributed by atoms with Crippen LogP contribution in [0, 0.1) is 20.8 Å². The van der Waals surface area contributed by atoms with Crippen LogP contribution in [0.25, 0.3) is 5.65 Å². The number of carbonyl (C=O) groups excluding carboxylic acids is 2. The average molecular weight is 502 g/mol. The molecule has 4 aromatic heterocycles. The van der Waals surface area contributed by atoms with Crippen LogP contribution < -0.4 is 5.32 Å². The van der Waals surface area contributed by atoms with Gasteiger partial charge in [-0.3, -0.25) is 19.0 Å². The Labute approximate surface area is 215 Å². The van der Waals surface area contributed by atoms with Crippen LogP contribution in [-0.4, -0.2) is 50.7 Å². The lowest BCUT2D eigenvalue weighted by atomic mass is 9.89. The number of pyridine rings is 2. The van der Waals surface area contributed by atoms with Crippen LogP contribution in [0.15, 0.2) is 48.0 Å². The zero-order valence-corrected chi connectivity index (χ0v) is 21.8. The topological polar surface area (TPSA) is 79.6 Å². The Kier molecular flexibility index (Phi) is 6.87. The molecule has 1 aliphatic heterocycles. The summed E-state index contributed by atoms with van der Waals surface area (Å²) in [5.74, 6) is 0.0644. The number of carbonyl (C=O) groups is 2. The molecule has 0 spiro atoms. The van der Waals surface area contributed by atoms with Crippen molar-refractivity contribution in [3.8, 4) is 0 Å². The summed E-state index contributed by atoms with van der Waals surface area (Å²) < 4.78 is 1.90. The minimum absolute atomic E-state index is 0.00722. The number of aryl methyl sites for hydroxylation is 3. The number of aromatic nitrogens is 3. The minimum atomic E-state index is -0.0794. The van der Waals surface area contributed by atoms with Crippen LogP contribution in [0.3, 0.4) is 0 Å². The molecule has 0 radical (unpaired) electrons. The summed E-state index contributed by atoms with van der Waals surface area (Å²) in [5.41, 5.74) is 5.64. The summed E-state index contributed by atoms with van der Waals surface area (Å²) in [7, 11) is 0. The third-order valence-electron chi connectivity index (χ3n) is 6.94. The number of hydrogen-bond acceptors (Lipinski definition) is 5. The molecule has 186 valence electrons. The maximum Gasteiger partial charge on any atom is 0.272 e. The molecule has 7 nitrogen and oxygen atoms in total. The van der Waals surface area contributed by atoms with Crippen LogP contribution >= 0.6 is 11.3 Å². The van der Waals surface area contributed by atoms with E-state index in [-0.39, 0.29) is 17.7 Å². The van der Waals surface area contributed by atoms with Gasteiger partial charge in [-0.25, -0.2) is 4.98 Å². The molecule has 0 aromatic carbocycles. The molecule has 1 fully saturated rings. The van der Waals surface area contributed by atoms with E-state index in [2.05, 4.69) is 16.4 Å². The van der Waals surface area contributed by atoms with E-state index >= 15 is 0 Å². The first-order valence-corrected chi connectivity index (χ1v) is 13.3. The molecule has 8 heteroatoms. The largest absolute Gasteiger partial charge is 0.352 e. The number of piperidine rings is 1. The van der Waals surface area contributed by atoms with Gasteiger partial charge in [-0.1, -0.05) is 12.1 Å². The number of likely N-dealkylation sites (tertiary alicyclic amines) is 1. The van der Waals surface area contributed by atoms with Gasteiger partial charge in [0.25, 0.3) is 11.8 Å². The number of nitrogens with one attached hydrogen (secondary N) is 1. The van der Waals surface area contributed by atoms with Crippen LogP contribution in [-0.2, 0) is 6.42 Å². The highest BCUT2D eigenvalue weighted by atomic mass is 32.1. The van der Waals surface area contributed by atoms with E-state index in [1.807, 2.05) is 72.0 Å². The Bertz CT molecular complexity index is 1400. The average Bonchev–Trinajstić information content (AvgIpc) is 3.51. The number of nitrogens with zero attached hydrogens (tertiary/aromatic N) is 4. The van der Waals surface area contributed by atoms with E-state index in [1.165, 1.54) is 4.88 Å². The van der Waals surface area contributed by atoms with Gasteiger partial charge < -0.3 is 10.2 Å². The molecule has 0 atom stereocenters. The van der Waals surface area contributed by atoms with Crippen molar-refractivity contribution in [3.63, 3.8) is 0 Å². The van der Waals surface area contributed by atoms with Gasteiger partial charge in [-0.15, -0.1) is 11.3 Å². The van der Waals surface area contributed by atoms with E-state index in [9.17, 15) is 9.59 Å². The molecule has 36 heavy (non-hydrogen) atoms. The lowest BCUT2D eigenvalue weighted by Gasteiger charge is -2.32. The third kappa shape index (κ3) is 4.78. The van der Waals surface area contributed by atoms with E-state index in [1.54, 1.807) is 11.3 Å². The summed E-state index contributed by atoms with van der Waals surface area (Å²) in [5, 5.41) is 5.11. The summed E-state index contributed by atoms with van der Waals surface area (Å²) in [4.78, 5) is 39.1. The van der Waals surface area contributed by atoms with Crippen molar-refractivity contribution in [2.24, 2.45) is 0 Å². The number of rotatable bonds is 6. The minimum Gasteiger partial charge on any atom is -0.352 e. The lowest BCUT2D eigenvalue weighted by molar-refractivity contribution is 0.0702. The van der Waals surface area contributed by atoms with Gasteiger partial charge in [0.2, 0.25) is 0 Å². The molecule has 4 aromatic rings. The number of imidazole rings is 1. The number of fused-ring (bicyclic) bond motifs is 1. The Balaban J connectivity index is 1.28. The molecule has 0 aliphatic carbocycles. The molecule has 1 saturated heterocycles. The summed E-state index contributed by atoms with van der Waals surface area (Å²) in [6.07, 6.45) is 4.27. The van der Waals surface area contributed by atoms with Crippen molar-refractivity contribution in [1.82, 2.24) is 24.6 Å². The zero-order chi connectivity index (χ0) is 25.2. The highest BCUT2D eigenvalue weighted by Gasteiger charge is 2.30. The van der Waals surface area contributed by atoms with Crippen LogP contribution in [0.5, 0.6) is 0 Å². The van der Waals surface area contributed by atoms with Crippen molar-refractivity contribution in [2.45, 2.75) is 46.0 Å². The zero-order valence-electron chi connectivity index (χ0n) is 21.0. The fourth-order valence-corrected chi connectivity index (χ4v) is 5.72. The first kappa shape index (κ1) is 24.2. The Morgan fingerprint density at radius 2 is 1.86 bits per heavy atom. The molecule has 1 aliphatic rings. The molecule has 1 N–H and O–H groups in total. The quantitative estimate of drug-likeness (QED) is 0.415. The maximum atomic E-state index is 13.5. The second-order valence-electron chi connectivity index (χ2n) is 9.47. The summed E-state index contributed by atoms with van der Waals surface area (Å²) in [6.45, 7) is 7.70. The van der Waals surface area contributed by atoms with Crippen LogP contribution in [0.2, 0.25) is 0 Å². The summed E-state index contributed by atoms with van der Waals surface area (Å²) >= 11 is 1.70. The first-order valence-electron chi connectivity index (χ1n) is 12.4. The van der Waals surface area contributed by atoms with E-state index in [0.717, 1.165) is 47.6 Å². The smallest absolute Gasteiger partial charge is 0.272 e. The second kappa shape index (κ2) is 10.2. The molecule has 5 heterocycles. The van der Waals surface area contributed by atoms with E-state index in [0.29, 0.717) is 30.9 Å². The monoisotopic (exact) mass is 501 g/mol. The van der Waals surface area contributed by atoms with Crippen molar-refractivity contribution in [3.05, 3.63) is 86.8 Å². The van der Waals surface area contributed by atoms with Crippen molar-refractivity contribution >= 4 is 28.8 Å². The van der Waals surface area contributed by atoms with Gasteiger partial charge >= 0.3 is 0 Å². The first-order chi connectivity index (χ1) is 17.4. The summed E-state index contributed by atoms with van der Waals surface area (Å²) in [6, 6.07) is 11.8. The van der Waals surface area contributed by atoms with Crippen molar-refractivity contribution in [1.29, 1.82) is 0 Å². The van der Waals surface area contributed by atoms with Gasteiger partial charge in [-0.2, -0.15) is 0 Å². The SMILES string of the molecule is Cc1ccc(C(=O)NCCc2cccs2)c(C2CCN(C(=O)c3c(C)nc4c(C)cccn34)CC2)n1. The molecule has 5 rings (SSSR count). The molecule has 0 saturated carbocycles. The molecule has 0 bridgehead atoms. The van der Waals surface area contributed by atoms with Gasteiger partial charge in [0, 0.05) is 42.3 Å². The number of thiophene rings is 1. The van der Waals surface area contributed by atoms with Gasteiger partial charge in [-0.05, 0) is 75.2 Å². The normalized spacial score (nSPS) is 14.4. The Morgan fingerprint density at radius 3 is 2.61 bits per heavy atom.